The third kappa shape index (κ3) is 14.3. The molecule has 0 unspecified atom stereocenters. The van der Waals surface area contributed by atoms with Crippen LogP contribution in [0.2, 0.25) is 0 Å². The third-order valence-corrected chi connectivity index (χ3v) is 5.03. The highest BCUT2D eigenvalue weighted by Crippen LogP contribution is 2.32. The van der Waals surface area contributed by atoms with Crippen LogP contribution < -0.4 is 5.32 Å². The first-order chi connectivity index (χ1) is 19.4. The van der Waals surface area contributed by atoms with E-state index in [2.05, 4.69) is 11.9 Å². The zero-order valence-corrected chi connectivity index (χ0v) is 22.3. The van der Waals surface area contributed by atoms with Crippen LogP contribution in [0.3, 0.4) is 0 Å². The van der Waals surface area contributed by atoms with Crippen molar-refractivity contribution in [1.29, 1.82) is 0 Å². The molecule has 1 N–H and O–H groups in total. The number of anilines is 2. The average Bonchev–Trinajstić information content (AvgIpc) is 2.94. The van der Waals surface area contributed by atoms with Gasteiger partial charge in [-0.1, -0.05) is 24.8 Å². The van der Waals surface area contributed by atoms with Gasteiger partial charge in [0.1, 0.15) is 13.2 Å². The van der Waals surface area contributed by atoms with Gasteiger partial charge in [-0.2, -0.15) is 13.2 Å². The summed E-state index contributed by atoms with van der Waals surface area (Å²) in [7, 11) is 0. The summed E-state index contributed by atoms with van der Waals surface area (Å²) in [6.07, 6.45) is -3.10. The first-order valence-corrected chi connectivity index (χ1v) is 12.7. The maximum Gasteiger partial charge on any atom is 0.416 e. The lowest BCUT2D eigenvalue weighted by Crippen LogP contribution is -2.15. The summed E-state index contributed by atoms with van der Waals surface area (Å²) in [6, 6.07) is 11.1. The highest BCUT2D eigenvalue weighted by Gasteiger charge is 2.30. The molecule has 0 heterocycles. The maximum atomic E-state index is 13.0. The summed E-state index contributed by atoms with van der Waals surface area (Å²) in [5, 5.41) is 2.85. The Bertz CT molecular complexity index is 990. The number of carbonyl (C=O) groups excluding carboxylic acids is 1. The second kappa shape index (κ2) is 19.8. The van der Waals surface area contributed by atoms with Crippen LogP contribution in [0.15, 0.2) is 61.4 Å². The average molecular weight is 572 g/mol. The van der Waals surface area contributed by atoms with Gasteiger partial charge in [0.05, 0.1) is 89.1 Å². The van der Waals surface area contributed by atoms with Crippen molar-refractivity contribution in [3.8, 4) is 0 Å². The summed E-state index contributed by atoms with van der Waals surface area (Å²) in [6.45, 7) is 7.92. The van der Waals surface area contributed by atoms with E-state index in [1.54, 1.807) is 18.2 Å². The van der Waals surface area contributed by atoms with Gasteiger partial charge in [-0.25, -0.2) is 4.79 Å². The van der Waals surface area contributed by atoms with Crippen molar-refractivity contribution < 1.29 is 51.1 Å². The fourth-order valence-corrected chi connectivity index (χ4v) is 3.14. The fourth-order valence-electron chi connectivity index (χ4n) is 3.14. The van der Waals surface area contributed by atoms with Gasteiger partial charge in [-0.3, -0.25) is 0 Å². The molecule has 2 rings (SSSR count). The van der Waals surface area contributed by atoms with Crippen LogP contribution in [0.1, 0.15) is 15.9 Å². The Hall–Kier alpha value is -3.16. The number of benzene rings is 2. The summed E-state index contributed by atoms with van der Waals surface area (Å²) < 4.78 is 76.0. The molecule has 2 aromatic rings. The van der Waals surface area contributed by atoms with E-state index >= 15 is 0 Å². The van der Waals surface area contributed by atoms with E-state index in [1.165, 1.54) is 24.5 Å². The molecule has 0 aliphatic rings. The zero-order chi connectivity index (χ0) is 28.9. The van der Waals surface area contributed by atoms with Gasteiger partial charge in [0.2, 0.25) is 0 Å². The Balaban J connectivity index is 1.50. The molecule has 0 bridgehead atoms. The molecule has 12 heteroatoms. The lowest BCUT2D eigenvalue weighted by Gasteiger charge is -2.13. The van der Waals surface area contributed by atoms with Crippen LogP contribution in [-0.2, 0) is 39.3 Å². The molecule has 0 amide bonds. The van der Waals surface area contributed by atoms with Crippen LogP contribution in [0, 0.1) is 0 Å². The highest BCUT2D eigenvalue weighted by molar-refractivity contribution is 5.96. The van der Waals surface area contributed by atoms with Gasteiger partial charge in [0.15, 0.2) is 0 Å². The second-order valence-corrected chi connectivity index (χ2v) is 7.98. The number of alkyl halides is 3. The normalized spacial score (nSPS) is 11.3. The Morgan fingerprint density at radius 3 is 1.80 bits per heavy atom. The number of carbonyl (C=O) groups is 1. The number of para-hydroxylation sites is 1. The molecule has 0 saturated carbocycles. The number of hydrogen-bond acceptors (Lipinski definition) is 9. The zero-order valence-electron chi connectivity index (χ0n) is 22.3. The number of hydrogen-bond donors (Lipinski definition) is 1. The van der Waals surface area contributed by atoms with Gasteiger partial charge in [-0.15, -0.1) is 0 Å². The van der Waals surface area contributed by atoms with Crippen molar-refractivity contribution in [1.82, 2.24) is 0 Å². The van der Waals surface area contributed by atoms with Crippen LogP contribution in [0.25, 0.3) is 0 Å². The molecule has 40 heavy (non-hydrogen) atoms. The van der Waals surface area contributed by atoms with E-state index in [-0.39, 0.29) is 24.5 Å². The number of nitrogens with one attached hydrogen (secondary N) is 1. The Labute approximate surface area is 232 Å². The summed E-state index contributed by atoms with van der Waals surface area (Å²) in [4.78, 5) is 12.5. The van der Waals surface area contributed by atoms with Crippen LogP contribution in [0.4, 0.5) is 24.5 Å². The highest BCUT2D eigenvalue weighted by atomic mass is 19.4. The topological polar surface area (TPSA) is 93.7 Å². The van der Waals surface area contributed by atoms with E-state index in [4.69, 9.17) is 33.2 Å². The lowest BCUT2D eigenvalue weighted by atomic mass is 10.1. The molecular formula is C28H36F3NO8. The summed E-state index contributed by atoms with van der Waals surface area (Å²) in [5.41, 5.74) is -0.0734. The number of ether oxygens (including phenoxy) is 7. The maximum absolute atomic E-state index is 13.0. The Morgan fingerprint density at radius 1 is 0.725 bits per heavy atom. The SMILES string of the molecule is C=COCCOCCOCCOCCOCCOCCOC(=O)c1ccccc1Nc1cccc(C(F)(F)F)c1. The van der Waals surface area contributed by atoms with Crippen molar-refractivity contribution in [2.75, 3.05) is 84.6 Å². The predicted molar refractivity (Wildman–Crippen MR) is 142 cm³/mol. The quantitative estimate of drug-likeness (QED) is 0.121. The number of esters is 1. The van der Waals surface area contributed by atoms with Crippen molar-refractivity contribution in [2.45, 2.75) is 6.18 Å². The third-order valence-electron chi connectivity index (χ3n) is 5.03. The van der Waals surface area contributed by atoms with Crippen molar-refractivity contribution >= 4 is 17.3 Å². The number of halogens is 3. The van der Waals surface area contributed by atoms with Gasteiger partial charge in [-0.05, 0) is 30.3 Å². The molecule has 0 spiro atoms. The van der Waals surface area contributed by atoms with E-state index < -0.39 is 17.7 Å². The smallest absolute Gasteiger partial charge is 0.416 e. The Morgan fingerprint density at radius 2 is 1.25 bits per heavy atom. The van der Waals surface area contributed by atoms with Crippen LogP contribution in [0.5, 0.6) is 0 Å². The van der Waals surface area contributed by atoms with Gasteiger partial charge < -0.3 is 38.5 Å². The molecule has 0 saturated heterocycles. The minimum Gasteiger partial charge on any atom is -0.499 e. The second-order valence-electron chi connectivity index (χ2n) is 7.98. The van der Waals surface area contributed by atoms with Crippen molar-refractivity contribution in [3.05, 3.63) is 72.5 Å². The van der Waals surface area contributed by atoms with Crippen molar-refractivity contribution in [3.63, 3.8) is 0 Å². The minimum absolute atomic E-state index is 0.00742. The molecule has 2 aromatic carbocycles. The van der Waals surface area contributed by atoms with Gasteiger partial charge >= 0.3 is 12.1 Å². The molecule has 0 aliphatic heterocycles. The molecule has 0 radical (unpaired) electrons. The molecule has 0 aliphatic carbocycles. The first kappa shape index (κ1) is 33.0. The number of rotatable bonds is 22. The van der Waals surface area contributed by atoms with E-state index in [0.717, 1.165) is 12.1 Å². The molecule has 222 valence electrons. The lowest BCUT2D eigenvalue weighted by molar-refractivity contribution is -0.137. The predicted octanol–water partition coefficient (Wildman–Crippen LogP) is 4.85. The summed E-state index contributed by atoms with van der Waals surface area (Å²) >= 11 is 0. The van der Waals surface area contributed by atoms with E-state index in [1.807, 2.05) is 0 Å². The monoisotopic (exact) mass is 571 g/mol. The van der Waals surface area contributed by atoms with E-state index in [0.29, 0.717) is 71.8 Å². The molecular weight excluding hydrogens is 535 g/mol. The Kier molecular flexibility index (Phi) is 16.4. The van der Waals surface area contributed by atoms with Gasteiger partial charge in [0, 0.05) is 5.69 Å². The van der Waals surface area contributed by atoms with Gasteiger partial charge in [0.25, 0.3) is 0 Å². The van der Waals surface area contributed by atoms with Crippen LogP contribution >= 0.6 is 0 Å². The van der Waals surface area contributed by atoms with E-state index in [9.17, 15) is 18.0 Å². The molecule has 0 atom stereocenters. The standard InChI is InChI=1S/C28H36F3NO8/c1-2-34-10-11-35-12-13-36-14-15-37-16-17-38-18-19-39-20-21-40-27(33)25-8-3-4-9-26(25)32-24-7-5-6-23(22-24)28(29,30)31/h2-9,22,32H,1,10-21H2. The minimum atomic E-state index is -4.47. The van der Waals surface area contributed by atoms with Crippen LogP contribution in [-0.4, -0.2) is 85.3 Å². The molecule has 0 fully saturated rings. The molecule has 9 nitrogen and oxygen atoms in total. The summed E-state index contributed by atoms with van der Waals surface area (Å²) in [5.74, 6) is -0.623. The fraction of sp³-hybridized carbons (Fsp3) is 0.464. The largest absolute Gasteiger partial charge is 0.499 e. The molecule has 0 aromatic heterocycles. The first-order valence-electron chi connectivity index (χ1n) is 12.7. The van der Waals surface area contributed by atoms with Crippen molar-refractivity contribution in [2.24, 2.45) is 0 Å².